The Bertz CT molecular complexity index is 502. The van der Waals surface area contributed by atoms with Gasteiger partial charge in [-0.25, -0.2) is 0 Å². The number of hydrogen-bond acceptors (Lipinski definition) is 2. The first kappa shape index (κ1) is 13.7. The third kappa shape index (κ3) is 3.01. The van der Waals surface area contributed by atoms with E-state index < -0.39 is 11.7 Å². The van der Waals surface area contributed by atoms with Gasteiger partial charge in [-0.2, -0.15) is 18.4 Å². The van der Waals surface area contributed by atoms with Crippen LogP contribution in [0.15, 0.2) is 18.2 Å². The lowest BCUT2D eigenvalue weighted by molar-refractivity contribution is -0.137. The molecule has 5 heteroatoms. The lowest BCUT2D eigenvalue weighted by Crippen LogP contribution is -2.34. The number of halogens is 3. The molecule has 1 heterocycles. The summed E-state index contributed by atoms with van der Waals surface area (Å²) in [4.78, 5) is 2.05. The van der Waals surface area contributed by atoms with Crippen LogP contribution in [0.3, 0.4) is 0 Å². The quantitative estimate of drug-likeness (QED) is 0.774. The summed E-state index contributed by atoms with van der Waals surface area (Å²) < 4.78 is 38.1. The monoisotopic (exact) mass is 268 g/mol. The number of rotatable bonds is 1. The minimum atomic E-state index is -4.47. The predicted molar refractivity (Wildman–Crippen MR) is 66.8 cm³/mol. The van der Waals surface area contributed by atoms with Gasteiger partial charge >= 0.3 is 6.18 Å². The molecule has 1 aromatic carbocycles. The minimum absolute atomic E-state index is 0.303. The molecule has 1 saturated heterocycles. The van der Waals surface area contributed by atoms with E-state index in [0.29, 0.717) is 11.6 Å². The Morgan fingerprint density at radius 2 is 2.11 bits per heavy atom. The van der Waals surface area contributed by atoms with Crippen LogP contribution in [0.5, 0.6) is 0 Å². The molecule has 0 spiro atoms. The third-order valence-corrected chi connectivity index (χ3v) is 3.45. The Morgan fingerprint density at radius 3 is 2.68 bits per heavy atom. The van der Waals surface area contributed by atoms with E-state index in [0.717, 1.165) is 32.0 Å². The standard InChI is InChI=1S/C14H15F3N2/c1-10-3-2-6-19(9-10)12-4-5-13(14(15,16)17)11(7-12)8-18/h4-5,7,10H,2-3,6,9H2,1H3. The van der Waals surface area contributed by atoms with Gasteiger partial charge in [0.25, 0.3) is 0 Å². The summed E-state index contributed by atoms with van der Waals surface area (Å²) in [5.41, 5.74) is -0.455. The fourth-order valence-corrected chi connectivity index (χ4v) is 2.49. The van der Waals surface area contributed by atoms with Crippen LogP contribution in [0, 0.1) is 17.2 Å². The normalized spacial score (nSPS) is 20.2. The fourth-order valence-electron chi connectivity index (χ4n) is 2.49. The highest BCUT2D eigenvalue weighted by Gasteiger charge is 2.33. The van der Waals surface area contributed by atoms with Gasteiger partial charge in [-0.05, 0) is 37.0 Å². The zero-order valence-corrected chi connectivity index (χ0v) is 10.7. The highest BCUT2D eigenvalue weighted by molar-refractivity contribution is 5.55. The Balaban J connectivity index is 2.32. The first-order valence-corrected chi connectivity index (χ1v) is 6.28. The van der Waals surface area contributed by atoms with Gasteiger partial charge in [0, 0.05) is 18.8 Å². The maximum atomic E-state index is 12.7. The molecule has 0 aromatic heterocycles. The van der Waals surface area contributed by atoms with E-state index in [1.807, 2.05) is 0 Å². The molecule has 0 radical (unpaired) electrons. The zero-order chi connectivity index (χ0) is 14.0. The zero-order valence-electron chi connectivity index (χ0n) is 10.7. The minimum Gasteiger partial charge on any atom is -0.371 e. The van der Waals surface area contributed by atoms with Crippen LogP contribution in [-0.2, 0) is 6.18 Å². The first-order chi connectivity index (χ1) is 8.91. The van der Waals surface area contributed by atoms with E-state index >= 15 is 0 Å². The van der Waals surface area contributed by atoms with E-state index in [2.05, 4.69) is 11.8 Å². The summed E-state index contributed by atoms with van der Waals surface area (Å²) in [5.74, 6) is 0.529. The van der Waals surface area contributed by atoms with Crippen molar-refractivity contribution >= 4 is 5.69 Å². The summed E-state index contributed by atoms with van der Waals surface area (Å²) in [7, 11) is 0. The van der Waals surface area contributed by atoms with Crippen LogP contribution in [0.4, 0.5) is 18.9 Å². The molecule has 102 valence electrons. The van der Waals surface area contributed by atoms with Crippen LogP contribution in [0.2, 0.25) is 0 Å². The third-order valence-electron chi connectivity index (χ3n) is 3.45. The van der Waals surface area contributed by atoms with Gasteiger partial charge in [-0.15, -0.1) is 0 Å². The topological polar surface area (TPSA) is 27.0 Å². The molecule has 2 rings (SSSR count). The molecule has 0 aliphatic carbocycles. The average Bonchev–Trinajstić information content (AvgIpc) is 2.37. The molecule has 19 heavy (non-hydrogen) atoms. The lowest BCUT2D eigenvalue weighted by atomic mass is 9.99. The Labute approximate surface area is 110 Å². The summed E-state index contributed by atoms with van der Waals surface area (Å²) in [6.45, 7) is 3.79. The second-order valence-corrected chi connectivity index (χ2v) is 5.03. The largest absolute Gasteiger partial charge is 0.417 e. The van der Waals surface area contributed by atoms with Crippen LogP contribution >= 0.6 is 0 Å². The Kier molecular flexibility index (Phi) is 3.70. The van der Waals surface area contributed by atoms with E-state index in [1.165, 1.54) is 12.1 Å². The summed E-state index contributed by atoms with van der Waals surface area (Å²) in [6.07, 6.45) is -2.30. The van der Waals surface area contributed by atoms with Crippen LogP contribution in [0.25, 0.3) is 0 Å². The number of nitrogens with zero attached hydrogens (tertiary/aromatic N) is 2. The molecule has 0 amide bonds. The second-order valence-electron chi connectivity index (χ2n) is 5.03. The van der Waals surface area contributed by atoms with Gasteiger partial charge in [-0.1, -0.05) is 6.92 Å². The van der Waals surface area contributed by atoms with Crippen LogP contribution in [0.1, 0.15) is 30.9 Å². The fraction of sp³-hybridized carbons (Fsp3) is 0.500. The molecule has 0 N–H and O–H groups in total. The van der Waals surface area contributed by atoms with E-state index in [4.69, 9.17) is 5.26 Å². The van der Waals surface area contributed by atoms with Crippen LogP contribution in [-0.4, -0.2) is 13.1 Å². The molecule has 1 aliphatic heterocycles. The number of benzene rings is 1. The average molecular weight is 268 g/mol. The number of hydrogen-bond donors (Lipinski definition) is 0. The van der Waals surface area contributed by atoms with E-state index in [1.54, 1.807) is 6.07 Å². The molecular weight excluding hydrogens is 253 g/mol. The maximum Gasteiger partial charge on any atom is 0.417 e. The number of nitriles is 1. The summed E-state index contributed by atoms with van der Waals surface area (Å²) in [5, 5.41) is 8.89. The van der Waals surface area contributed by atoms with Gasteiger partial charge < -0.3 is 4.90 Å². The van der Waals surface area contributed by atoms with Gasteiger partial charge in [0.15, 0.2) is 0 Å². The molecule has 1 atom stereocenters. The van der Waals surface area contributed by atoms with Crippen molar-refractivity contribution in [2.45, 2.75) is 25.9 Å². The molecule has 2 nitrogen and oxygen atoms in total. The van der Waals surface area contributed by atoms with Crippen molar-refractivity contribution in [3.8, 4) is 6.07 Å². The molecule has 0 bridgehead atoms. The smallest absolute Gasteiger partial charge is 0.371 e. The van der Waals surface area contributed by atoms with Crippen molar-refractivity contribution in [1.82, 2.24) is 0 Å². The molecule has 1 unspecified atom stereocenters. The van der Waals surface area contributed by atoms with Crippen molar-refractivity contribution < 1.29 is 13.2 Å². The van der Waals surface area contributed by atoms with Gasteiger partial charge in [0.1, 0.15) is 0 Å². The van der Waals surface area contributed by atoms with Crippen molar-refractivity contribution in [1.29, 1.82) is 5.26 Å². The molecule has 1 fully saturated rings. The second kappa shape index (κ2) is 5.12. The van der Waals surface area contributed by atoms with Crippen molar-refractivity contribution in [2.24, 2.45) is 5.92 Å². The molecule has 1 aromatic rings. The van der Waals surface area contributed by atoms with Crippen molar-refractivity contribution in [3.63, 3.8) is 0 Å². The van der Waals surface area contributed by atoms with Crippen LogP contribution < -0.4 is 4.90 Å². The Morgan fingerprint density at radius 1 is 1.37 bits per heavy atom. The maximum absolute atomic E-state index is 12.7. The van der Waals surface area contributed by atoms with Gasteiger partial charge in [0.05, 0.1) is 17.2 Å². The molecule has 1 aliphatic rings. The molecular formula is C14H15F3N2. The van der Waals surface area contributed by atoms with Gasteiger partial charge in [-0.3, -0.25) is 0 Å². The van der Waals surface area contributed by atoms with E-state index in [-0.39, 0.29) is 5.56 Å². The Hall–Kier alpha value is -1.70. The van der Waals surface area contributed by atoms with Gasteiger partial charge in [0.2, 0.25) is 0 Å². The number of anilines is 1. The van der Waals surface area contributed by atoms with Crippen molar-refractivity contribution in [2.75, 3.05) is 18.0 Å². The number of alkyl halides is 3. The summed E-state index contributed by atoms with van der Waals surface area (Å²) in [6, 6.07) is 5.46. The van der Waals surface area contributed by atoms with E-state index in [9.17, 15) is 13.2 Å². The van der Waals surface area contributed by atoms with Crippen molar-refractivity contribution in [3.05, 3.63) is 29.3 Å². The molecule has 0 saturated carbocycles. The number of piperidine rings is 1. The highest BCUT2D eigenvalue weighted by Crippen LogP contribution is 2.34. The summed E-state index contributed by atoms with van der Waals surface area (Å²) >= 11 is 0. The lowest BCUT2D eigenvalue weighted by Gasteiger charge is -2.33. The SMILES string of the molecule is CC1CCCN(c2ccc(C(F)(F)F)c(C#N)c2)C1. The first-order valence-electron chi connectivity index (χ1n) is 6.28. The highest BCUT2D eigenvalue weighted by atomic mass is 19.4. The predicted octanol–water partition coefficient (Wildman–Crippen LogP) is 3.81.